The molecular weight excluding hydrogens is 328 g/mol. The van der Waals surface area contributed by atoms with Gasteiger partial charge in [-0.25, -0.2) is 8.42 Å². The van der Waals surface area contributed by atoms with Crippen molar-refractivity contribution in [2.75, 3.05) is 23.6 Å². The Balaban J connectivity index is 2.05. The van der Waals surface area contributed by atoms with E-state index in [4.69, 9.17) is 0 Å². The molecule has 0 radical (unpaired) electrons. The highest BCUT2D eigenvalue weighted by molar-refractivity contribution is 9.10. The van der Waals surface area contributed by atoms with E-state index < -0.39 is 10.0 Å². The predicted octanol–water partition coefficient (Wildman–Crippen LogP) is 2.50. The Labute approximate surface area is 123 Å². The summed E-state index contributed by atoms with van der Waals surface area (Å²) in [5.74, 6) is 0.465. The molecule has 1 aliphatic rings. The molecule has 1 aromatic carbocycles. The van der Waals surface area contributed by atoms with Crippen molar-refractivity contribution >= 4 is 31.6 Å². The third-order valence-electron chi connectivity index (χ3n) is 3.38. The summed E-state index contributed by atoms with van der Waals surface area (Å²) in [7, 11) is -3.27. The molecule has 0 bridgehead atoms. The first-order chi connectivity index (χ1) is 8.96. The van der Waals surface area contributed by atoms with Crippen molar-refractivity contribution in [2.24, 2.45) is 5.92 Å². The lowest BCUT2D eigenvalue weighted by molar-refractivity contribution is 0.402. The first-order valence-electron chi connectivity index (χ1n) is 6.44. The molecule has 2 rings (SSSR count). The fourth-order valence-corrected chi connectivity index (χ4v) is 4.23. The van der Waals surface area contributed by atoms with Crippen molar-refractivity contribution in [3.8, 4) is 0 Å². The minimum atomic E-state index is -3.27. The van der Waals surface area contributed by atoms with E-state index in [9.17, 15) is 8.42 Å². The number of benzene rings is 1. The first-order valence-corrected chi connectivity index (χ1v) is 8.88. The average Bonchev–Trinajstić information content (AvgIpc) is 2.34. The average molecular weight is 347 g/mol. The van der Waals surface area contributed by atoms with E-state index in [0.29, 0.717) is 5.69 Å². The third kappa shape index (κ3) is 4.47. The van der Waals surface area contributed by atoms with Crippen LogP contribution in [0.15, 0.2) is 22.7 Å². The molecule has 0 aromatic heterocycles. The van der Waals surface area contributed by atoms with E-state index in [2.05, 4.69) is 26.0 Å². The second kappa shape index (κ2) is 6.24. The molecule has 1 aromatic rings. The number of hydrogen-bond donors (Lipinski definition) is 2. The minimum Gasteiger partial charge on any atom is -0.317 e. The van der Waals surface area contributed by atoms with Crippen LogP contribution in [0.1, 0.15) is 18.4 Å². The van der Waals surface area contributed by atoms with Gasteiger partial charge in [-0.2, -0.15) is 0 Å². The molecule has 19 heavy (non-hydrogen) atoms. The van der Waals surface area contributed by atoms with Crippen molar-refractivity contribution < 1.29 is 8.42 Å². The van der Waals surface area contributed by atoms with E-state index in [-0.39, 0.29) is 11.7 Å². The maximum atomic E-state index is 12.2. The largest absolute Gasteiger partial charge is 0.317 e. The highest BCUT2D eigenvalue weighted by atomic mass is 79.9. The van der Waals surface area contributed by atoms with Crippen molar-refractivity contribution in [1.82, 2.24) is 5.32 Å². The number of halogens is 1. The summed E-state index contributed by atoms with van der Waals surface area (Å²) in [5, 5.41) is 3.25. The van der Waals surface area contributed by atoms with Crippen LogP contribution in [0.4, 0.5) is 5.69 Å². The van der Waals surface area contributed by atoms with Gasteiger partial charge in [0, 0.05) is 4.47 Å². The molecule has 0 aliphatic carbocycles. The van der Waals surface area contributed by atoms with Gasteiger partial charge in [-0.15, -0.1) is 0 Å². The van der Waals surface area contributed by atoms with Gasteiger partial charge in [0.05, 0.1) is 11.4 Å². The van der Waals surface area contributed by atoms with Gasteiger partial charge in [-0.05, 0) is 56.5 Å². The normalized spacial score (nSPS) is 17.4. The molecular formula is C13H19BrN2O2S. The second-order valence-electron chi connectivity index (χ2n) is 5.04. The highest BCUT2D eigenvalue weighted by Gasteiger charge is 2.21. The molecule has 0 atom stereocenters. The zero-order chi connectivity index (χ0) is 13.9. The Morgan fingerprint density at radius 3 is 2.74 bits per heavy atom. The van der Waals surface area contributed by atoms with Crippen LogP contribution in [0.25, 0.3) is 0 Å². The highest BCUT2D eigenvalue weighted by Crippen LogP contribution is 2.23. The smallest absolute Gasteiger partial charge is 0.233 e. The number of aryl methyl sites for hydroxylation is 1. The van der Waals surface area contributed by atoms with E-state index in [0.717, 1.165) is 36.0 Å². The number of rotatable bonds is 4. The van der Waals surface area contributed by atoms with Gasteiger partial charge < -0.3 is 5.32 Å². The molecule has 106 valence electrons. The fourth-order valence-electron chi connectivity index (χ4n) is 2.27. The second-order valence-corrected chi connectivity index (χ2v) is 7.72. The maximum Gasteiger partial charge on any atom is 0.233 e. The van der Waals surface area contributed by atoms with Crippen LogP contribution < -0.4 is 10.0 Å². The number of piperidine rings is 1. The van der Waals surface area contributed by atoms with Crippen molar-refractivity contribution in [2.45, 2.75) is 19.8 Å². The number of nitrogens with one attached hydrogen (secondary N) is 2. The van der Waals surface area contributed by atoms with Crippen LogP contribution in [0.2, 0.25) is 0 Å². The molecule has 4 nitrogen and oxygen atoms in total. The lowest BCUT2D eigenvalue weighted by Crippen LogP contribution is -2.33. The molecule has 0 saturated carbocycles. The molecule has 1 fully saturated rings. The Bertz CT molecular complexity index is 540. The van der Waals surface area contributed by atoms with Gasteiger partial charge in [-0.1, -0.05) is 22.0 Å². The number of anilines is 1. The van der Waals surface area contributed by atoms with E-state index >= 15 is 0 Å². The topological polar surface area (TPSA) is 58.2 Å². The summed E-state index contributed by atoms with van der Waals surface area (Å²) in [4.78, 5) is 0. The van der Waals surface area contributed by atoms with Gasteiger partial charge in [0.2, 0.25) is 10.0 Å². The SMILES string of the molecule is Cc1ccc(Br)cc1NS(=O)(=O)CC1CCNCC1. The molecule has 1 saturated heterocycles. The van der Waals surface area contributed by atoms with E-state index in [1.165, 1.54) is 0 Å². The Morgan fingerprint density at radius 1 is 1.37 bits per heavy atom. The quantitative estimate of drug-likeness (QED) is 0.880. The summed E-state index contributed by atoms with van der Waals surface area (Å²) in [5.41, 5.74) is 1.58. The summed E-state index contributed by atoms with van der Waals surface area (Å²) in [6, 6.07) is 5.60. The zero-order valence-corrected chi connectivity index (χ0v) is 13.4. The number of sulfonamides is 1. The summed E-state index contributed by atoms with van der Waals surface area (Å²) < 4.78 is 27.9. The molecule has 1 aliphatic heterocycles. The molecule has 6 heteroatoms. The van der Waals surface area contributed by atoms with Crippen LogP contribution in [-0.2, 0) is 10.0 Å². The Hall–Kier alpha value is -0.590. The van der Waals surface area contributed by atoms with Gasteiger partial charge in [0.1, 0.15) is 0 Å². The van der Waals surface area contributed by atoms with Crippen LogP contribution >= 0.6 is 15.9 Å². The molecule has 1 heterocycles. The Kier molecular flexibility index (Phi) is 4.86. The summed E-state index contributed by atoms with van der Waals surface area (Å²) in [6.07, 6.45) is 1.86. The molecule has 0 amide bonds. The predicted molar refractivity (Wildman–Crippen MR) is 81.9 cm³/mol. The van der Waals surface area contributed by atoms with Gasteiger partial charge in [0.25, 0.3) is 0 Å². The third-order valence-corrected chi connectivity index (χ3v) is 5.31. The van der Waals surface area contributed by atoms with Crippen molar-refractivity contribution in [3.63, 3.8) is 0 Å². The maximum absolute atomic E-state index is 12.2. The standard InChI is InChI=1S/C13H19BrN2O2S/c1-10-2-3-12(14)8-13(10)16-19(17,18)9-11-4-6-15-7-5-11/h2-3,8,11,15-16H,4-7,9H2,1H3. The molecule has 0 unspecified atom stereocenters. The van der Waals surface area contributed by atoms with Crippen LogP contribution in [-0.4, -0.2) is 27.3 Å². The van der Waals surface area contributed by atoms with E-state index in [1.54, 1.807) is 6.07 Å². The van der Waals surface area contributed by atoms with Crippen LogP contribution in [0, 0.1) is 12.8 Å². The molecule has 0 spiro atoms. The lowest BCUT2D eigenvalue weighted by Gasteiger charge is -2.22. The minimum absolute atomic E-state index is 0.209. The first kappa shape index (κ1) is 14.8. The Morgan fingerprint density at radius 2 is 2.05 bits per heavy atom. The summed E-state index contributed by atoms with van der Waals surface area (Å²) in [6.45, 7) is 3.72. The lowest BCUT2D eigenvalue weighted by atomic mass is 10.0. The van der Waals surface area contributed by atoms with Crippen molar-refractivity contribution in [3.05, 3.63) is 28.2 Å². The van der Waals surface area contributed by atoms with Gasteiger partial charge >= 0.3 is 0 Å². The zero-order valence-electron chi connectivity index (χ0n) is 10.9. The summed E-state index contributed by atoms with van der Waals surface area (Å²) >= 11 is 3.36. The number of hydrogen-bond acceptors (Lipinski definition) is 3. The van der Waals surface area contributed by atoms with Gasteiger partial charge in [0.15, 0.2) is 0 Å². The van der Waals surface area contributed by atoms with Gasteiger partial charge in [-0.3, -0.25) is 4.72 Å². The molecule has 2 N–H and O–H groups in total. The van der Waals surface area contributed by atoms with Crippen LogP contribution in [0.3, 0.4) is 0 Å². The van der Waals surface area contributed by atoms with E-state index in [1.807, 2.05) is 19.1 Å². The fraction of sp³-hybridized carbons (Fsp3) is 0.538. The van der Waals surface area contributed by atoms with Crippen LogP contribution in [0.5, 0.6) is 0 Å². The monoisotopic (exact) mass is 346 g/mol. The van der Waals surface area contributed by atoms with Crippen molar-refractivity contribution in [1.29, 1.82) is 0 Å².